The van der Waals surface area contributed by atoms with Gasteiger partial charge in [0.1, 0.15) is 12.3 Å². The Hall–Kier alpha value is -2.08. The normalized spacial score (nSPS) is 20.1. The predicted molar refractivity (Wildman–Crippen MR) is 98.4 cm³/mol. The fourth-order valence-corrected chi connectivity index (χ4v) is 4.00. The maximum Gasteiger partial charge on any atom is 0.323 e. The highest BCUT2D eigenvalue weighted by molar-refractivity contribution is 5.79. The molecule has 2 aliphatic rings. The van der Waals surface area contributed by atoms with Crippen molar-refractivity contribution in [3.05, 3.63) is 29.3 Å². The molecule has 0 aliphatic carbocycles. The molecule has 0 spiro atoms. The third kappa shape index (κ3) is 4.75. The molecule has 0 bridgehead atoms. The Bertz CT molecular complexity index is 661. The number of ether oxygens (including phenoxy) is 1. The lowest BCUT2D eigenvalue weighted by molar-refractivity contribution is -0.145. The van der Waals surface area contributed by atoms with Crippen molar-refractivity contribution < 1.29 is 19.4 Å². The van der Waals surface area contributed by atoms with Gasteiger partial charge in [0.2, 0.25) is 5.91 Å². The van der Waals surface area contributed by atoms with Crippen LogP contribution in [0.15, 0.2) is 18.2 Å². The first-order valence-electron chi connectivity index (χ1n) is 9.49. The van der Waals surface area contributed by atoms with E-state index in [1.807, 2.05) is 0 Å². The van der Waals surface area contributed by atoms with Gasteiger partial charge in [0.05, 0.1) is 6.61 Å². The monoisotopic (exact) mass is 360 g/mol. The van der Waals surface area contributed by atoms with E-state index in [-0.39, 0.29) is 18.5 Å². The molecule has 142 valence electrons. The van der Waals surface area contributed by atoms with Crippen molar-refractivity contribution in [2.24, 2.45) is 0 Å². The molecule has 3 rings (SSSR count). The first kappa shape index (κ1) is 18.7. The molecule has 1 fully saturated rings. The predicted octanol–water partition coefficient (Wildman–Crippen LogP) is 1.95. The van der Waals surface area contributed by atoms with E-state index < -0.39 is 5.97 Å². The van der Waals surface area contributed by atoms with Crippen LogP contribution in [0.4, 0.5) is 0 Å². The summed E-state index contributed by atoms with van der Waals surface area (Å²) in [4.78, 5) is 26.8. The summed E-state index contributed by atoms with van der Waals surface area (Å²) in [6.07, 6.45) is 4.71. The van der Waals surface area contributed by atoms with E-state index in [2.05, 4.69) is 23.1 Å². The summed E-state index contributed by atoms with van der Waals surface area (Å²) >= 11 is 0. The van der Waals surface area contributed by atoms with Crippen LogP contribution >= 0.6 is 0 Å². The number of carboxylic acids is 1. The number of benzene rings is 1. The van der Waals surface area contributed by atoms with Gasteiger partial charge in [0.25, 0.3) is 0 Å². The van der Waals surface area contributed by atoms with Gasteiger partial charge in [-0.2, -0.15) is 0 Å². The number of aliphatic carboxylic acids is 1. The van der Waals surface area contributed by atoms with Gasteiger partial charge in [-0.05, 0) is 49.4 Å². The zero-order valence-corrected chi connectivity index (χ0v) is 15.4. The zero-order chi connectivity index (χ0) is 18.5. The quantitative estimate of drug-likeness (QED) is 0.840. The first-order chi connectivity index (χ1) is 12.5. The molecule has 26 heavy (non-hydrogen) atoms. The van der Waals surface area contributed by atoms with Crippen LogP contribution < -0.4 is 4.74 Å². The van der Waals surface area contributed by atoms with Gasteiger partial charge in [-0.15, -0.1) is 0 Å². The number of carbonyl (C=O) groups excluding carboxylic acids is 1. The molecule has 2 heterocycles. The Morgan fingerprint density at radius 2 is 2.15 bits per heavy atom. The fourth-order valence-electron chi connectivity index (χ4n) is 4.00. The molecule has 1 aromatic rings. The molecule has 1 amide bonds. The highest BCUT2D eigenvalue weighted by Gasteiger charge is 2.26. The van der Waals surface area contributed by atoms with Gasteiger partial charge in [-0.25, -0.2) is 0 Å². The number of carboxylic acid groups (broad SMARTS) is 1. The van der Waals surface area contributed by atoms with Crippen molar-refractivity contribution in [2.45, 2.75) is 45.1 Å². The summed E-state index contributed by atoms with van der Waals surface area (Å²) in [6.45, 7) is 4.95. The van der Waals surface area contributed by atoms with Crippen molar-refractivity contribution >= 4 is 11.9 Å². The minimum absolute atomic E-state index is 0.0331. The molecule has 6 heteroatoms. The fraction of sp³-hybridized carbons (Fsp3) is 0.600. The van der Waals surface area contributed by atoms with Crippen LogP contribution in [0, 0.1) is 0 Å². The Morgan fingerprint density at radius 3 is 2.92 bits per heavy atom. The van der Waals surface area contributed by atoms with Crippen LogP contribution in [-0.2, 0) is 22.4 Å². The van der Waals surface area contributed by atoms with Crippen LogP contribution in [0.1, 0.15) is 37.3 Å². The standard InChI is InChI=1S/C20H28N2O4/c1-15(23)22(14-20(24)25)18-3-2-9-21(11-7-18)10-6-16-4-5-19-17(13-16)8-12-26-19/h4-5,13,18H,2-3,6-12,14H2,1H3,(H,24,25)/t18-/m1/s1. The van der Waals surface area contributed by atoms with E-state index in [0.717, 1.165) is 64.1 Å². The Balaban J connectivity index is 1.52. The minimum atomic E-state index is -0.943. The molecule has 1 N–H and O–H groups in total. The second-order valence-corrected chi connectivity index (χ2v) is 7.26. The maximum atomic E-state index is 11.8. The second kappa shape index (κ2) is 8.54. The van der Waals surface area contributed by atoms with Gasteiger partial charge in [0.15, 0.2) is 0 Å². The highest BCUT2D eigenvalue weighted by atomic mass is 16.5. The van der Waals surface area contributed by atoms with Crippen molar-refractivity contribution in [3.8, 4) is 5.75 Å². The Labute approximate surface area is 154 Å². The topological polar surface area (TPSA) is 70.1 Å². The van der Waals surface area contributed by atoms with Crippen LogP contribution in [0.2, 0.25) is 0 Å². The number of hydrogen-bond acceptors (Lipinski definition) is 4. The average Bonchev–Trinajstić information content (AvgIpc) is 2.94. The number of hydrogen-bond donors (Lipinski definition) is 1. The zero-order valence-electron chi connectivity index (χ0n) is 15.4. The lowest BCUT2D eigenvalue weighted by Crippen LogP contribution is -2.42. The highest BCUT2D eigenvalue weighted by Crippen LogP contribution is 2.26. The molecular formula is C20H28N2O4. The van der Waals surface area contributed by atoms with Crippen LogP contribution in [0.3, 0.4) is 0 Å². The third-order valence-electron chi connectivity index (χ3n) is 5.41. The number of fused-ring (bicyclic) bond motifs is 1. The summed E-state index contributed by atoms with van der Waals surface area (Å²) in [5.41, 5.74) is 2.65. The van der Waals surface area contributed by atoms with E-state index in [1.165, 1.54) is 23.0 Å². The molecular weight excluding hydrogens is 332 g/mol. The number of amides is 1. The van der Waals surface area contributed by atoms with Crippen LogP contribution in [0.5, 0.6) is 5.75 Å². The van der Waals surface area contributed by atoms with Crippen molar-refractivity contribution in [3.63, 3.8) is 0 Å². The molecule has 0 radical (unpaired) electrons. The molecule has 1 saturated heterocycles. The van der Waals surface area contributed by atoms with Gasteiger partial charge < -0.3 is 19.6 Å². The summed E-state index contributed by atoms with van der Waals surface area (Å²) in [7, 11) is 0. The van der Waals surface area contributed by atoms with E-state index in [9.17, 15) is 9.59 Å². The number of rotatable bonds is 6. The Kier molecular flexibility index (Phi) is 6.14. The molecule has 2 aliphatic heterocycles. The number of carbonyl (C=O) groups is 2. The summed E-state index contributed by atoms with van der Waals surface area (Å²) in [5, 5.41) is 9.05. The van der Waals surface area contributed by atoms with E-state index in [1.54, 1.807) is 0 Å². The molecule has 0 unspecified atom stereocenters. The average molecular weight is 360 g/mol. The van der Waals surface area contributed by atoms with Crippen molar-refractivity contribution in [2.75, 3.05) is 32.8 Å². The lowest BCUT2D eigenvalue weighted by atomic mass is 10.1. The van der Waals surface area contributed by atoms with Gasteiger partial charge in [0, 0.05) is 32.5 Å². The van der Waals surface area contributed by atoms with Crippen molar-refractivity contribution in [1.29, 1.82) is 0 Å². The summed E-state index contributed by atoms with van der Waals surface area (Å²) < 4.78 is 5.56. The van der Waals surface area contributed by atoms with Crippen molar-refractivity contribution in [1.82, 2.24) is 9.80 Å². The van der Waals surface area contributed by atoms with Gasteiger partial charge in [-0.1, -0.05) is 12.1 Å². The smallest absolute Gasteiger partial charge is 0.323 e. The Morgan fingerprint density at radius 1 is 1.31 bits per heavy atom. The SMILES string of the molecule is CC(=O)N(CC(=O)O)[C@@H]1CCCN(CCc2ccc3c(c2)CCO3)CC1. The lowest BCUT2D eigenvalue weighted by Gasteiger charge is -2.29. The van der Waals surface area contributed by atoms with E-state index in [0.29, 0.717) is 0 Å². The minimum Gasteiger partial charge on any atom is -0.493 e. The largest absolute Gasteiger partial charge is 0.493 e. The molecule has 1 aromatic carbocycles. The van der Waals surface area contributed by atoms with Gasteiger partial charge in [-0.3, -0.25) is 9.59 Å². The van der Waals surface area contributed by atoms with E-state index >= 15 is 0 Å². The molecule has 1 atom stereocenters. The molecule has 0 aromatic heterocycles. The summed E-state index contributed by atoms with van der Waals surface area (Å²) in [6, 6.07) is 6.51. The second-order valence-electron chi connectivity index (χ2n) is 7.26. The summed E-state index contributed by atoms with van der Waals surface area (Å²) in [5.74, 6) is -0.0674. The molecule has 0 saturated carbocycles. The molecule has 6 nitrogen and oxygen atoms in total. The number of nitrogens with zero attached hydrogens (tertiary/aromatic N) is 2. The van der Waals surface area contributed by atoms with Gasteiger partial charge >= 0.3 is 5.97 Å². The first-order valence-corrected chi connectivity index (χ1v) is 9.49. The number of likely N-dealkylation sites (tertiary alicyclic amines) is 1. The van der Waals surface area contributed by atoms with Crippen LogP contribution in [-0.4, -0.2) is 65.6 Å². The van der Waals surface area contributed by atoms with Crippen LogP contribution in [0.25, 0.3) is 0 Å². The third-order valence-corrected chi connectivity index (χ3v) is 5.41. The maximum absolute atomic E-state index is 11.8. The van der Waals surface area contributed by atoms with E-state index in [4.69, 9.17) is 9.84 Å².